The number of Topliss-reactive ketones (excluding diaryl/α,β-unsaturated/α-hetero) is 1. The van der Waals surface area contributed by atoms with Crippen molar-refractivity contribution in [2.24, 2.45) is 5.92 Å². The molecule has 0 spiro atoms. The topological polar surface area (TPSA) is 43.4 Å². The van der Waals surface area contributed by atoms with Gasteiger partial charge < -0.3 is 4.74 Å². The van der Waals surface area contributed by atoms with Crippen molar-refractivity contribution in [2.75, 3.05) is 6.61 Å². The maximum Gasteiger partial charge on any atom is 0.316 e. The van der Waals surface area contributed by atoms with Crippen molar-refractivity contribution >= 4 is 11.8 Å². The van der Waals surface area contributed by atoms with Crippen molar-refractivity contribution in [1.82, 2.24) is 0 Å². The number of rotatable bonds is 5. The van der Waals surface area contributed by atoms with E-state index in [9.17, 15) is 18.4 Å². The number of benzene rings is 1. The molecular formula is C14H16F2O3. The summed E-state index contributed by atoms with van der Waals surface area (Å²) in [5, 5.41) is 0. The Morgan fingerprint density at radius 3 is 2.21 bits per heavy atom. The van der Waals surface area contributed by atoms with Gasteiger partial charge in [-0.05, 0) is 26.0 Å². The molecule has 0 saturated heterocycles. The van der Waals surface area contributed by atoms with E-state index in [4.69, 9.17) is 4.74 Å². The molecule has 1 rings (SSSR count). The Labute approximate surface area is 110 Å². The van der Waals surface area contributed by atoms with Gasteiger partial charge in [-0.25, -0.2) is 8.78 Å². The molecule has 1 aromatic rings. The molecule has 0 radical (unpaired) electrons. The van der Waals surface area contributed by atoms with Crippen LogP contribution in [0, 0.1) is 17.6 Å². The number of hydrogen-bond acceptors (Lipinski definition) is 3. The van der Waals surface area contributed by atoms with E-state index in [1.165, 1.54) is 19.9 Å². The van der Waals surface area contributed by atoms with Crippen molar-refractivity contribution in [2.45, 2.75) is 26.7 Å². The first-order valence-corrected chi connectivity index (χ1v) is 6.04. The van der Waals surface area contributed by atoms with Crippen LogP contribution in [0.1, 0.15) is 32.3 Å². The summed E-state index contributed by atoms with van der Waals surface area (Å²) in [7, 11) is 0. The Kier molecular flexibility index (Phi) is 5.15. The van der Waals surface area contributed by atoms with Gasteiger partial charge in [-0.15, -0.1) is 0 Å². The lowest BCUT2D eigenvalue weighted by atomic mass is 9.89. The molecule has 0 aliphatic rings. The lowest BCUT2D eigenvalue weighted by Crippen LogP contribution is -2.27. The highest BCUT2D eigenvalue weighted by molar-refractivity contribution is 6.01. The maximum absolute atomic E-state index is 13.6. The van der Waals surface area contributed by atoms with Gasteiger partial charge in [0.05, 0.1) is 6.61 Å². The first-order valence-electron chi connectivity index (χ1n) is 6.04. The molecule has 0 aliphatic heterocycles. The van der Waals surface area contributed by atoms with Crippen molar-refractivity contribution in [3.8, 4) is 0 Å². The van der Waals surface area contributed by atoms with E-state index >= 15 is 0 Å². The van der Waals surface area contributed by atoms with Gasteiger partial charge in [0.15, 0.2) is 5.78 Å². The zero-order chi connectivity index (χ0) is 14.6. The number of esters is 1. The molecule has 0 saturated carbocycles. The van der Waals surface area contributed by atoms with Crippen LogP contribution in [0.4, 0.5) is 8.78 Å². The second-order valence-electron chi connectivity index (χ2n) is 4.23. The summed E-state index contributed by atoms with van der Waals surface area (Å²) >= 11 is 0. The summed E-state index contributed by atoms with van der Waals surface area (Å²) in [6, 6.07) is 3.38. The molecule has 0 heterocycles. The maximum atomic E-state index is 13.6. The standard InChI is InChI=1S/C14H16F2O3/c1-4-19-14(18)9(3)13(17)8(2)12-10(15)6-5-7-11(12)16/h5-9H,4H2,1-3H3/t8-,9-/m0/s1. The minimum Gasteiger partial charge on any atom is -0.465 e. The molecule has 2 atom stereocenters. The van der Waals surface area contributed by atoms with Crippen LogP contribution in [0.5, 0.6) is 0 Å². The number of ketones is 1. The van der Waals surface area contributed by atoms with Crippen LogP contribution < -0.4 is 0 Å². The normalized spacial score (nSPS) is 13.7. The van der Waals surface area contributed by atoms with Crippen LogP contribution in [0.15, 0.2) is 18.2 Å². The van der Waals surface area contributed by atoms with Gasteiger partial charge in [-0.3, -0.25) is 9.59 Å². The smallest absolute Gasteiger partial charge is 0.316 e. The molecule has 0 N–H and O–H groups in total. The Morgan fingerprint density at radius 1 is 1.21 bits per heavy atom. The Balaban J connectivity index is 2.97. The van der Waals surface area contributed by atoms with Gasteiger partial charge in [0.1, 0.15) is 17.6 Å². The summed E-state index contributed by atoms with van der Waals surface area (Å²) in [6.45, 7) is 4.52. The third-order valence-electron chi connectivity index (χ3n) is 2.93. The predicted octanol–water partition coefficient (Wildman–Crippen LogP) is 2.84. The first-order chi connectivity index (χ1) is 8.90. The zero-order valence-corrected chi connectivity index (χ0v) is 11.1. The van der Waals surface area contributed by atoms with Crippen LogP contribution in [-0.4, -0.2) is 18.4 Å². The second-order valence-corrected chi connectivity index (χ2v) is 4.23. The van der Waals surface area contributed by atoms with Gasteiger partial charge in [0.2, 0.25) is 0 Å². The van der Waals surface area contributed by atoms with Crippen LogP contribution in [0.2, 0.25) is 0 Å². The Bertz CT molecular complexity index is 465. The highest BCUT2D eigenvalue weighted by Gasteiger charge is 2.30. The summed E-state index contributed by atoms with van der Waals surface area (Å²) in [6.07, 6.45) is 0. The van der Waals surface area contributed by atoms with E-state index in [1.54, 1.807) is 6.92 Å². The van der Waals surface area contributed by atoms with E-state index in [0.29, 0.717) is 0 Å². The minimum atomic E-state index is -1.05. The summed E-state index contributed by atoms with van der Waals surface area (Å²) < 4.78 is 31.9. The minimum absolute atomic E-state index is 0.152. The SMILES string of the molecule is CCOC(=O)[C@@H](C)C(=O)[C@@H](C)c1c(F)cccc1F. The fourth-order valence-corrected chi connectivity index (χ4v) is 1.83. The number of carbonyl (C=O) groups is 2. The third kappa shape index (κ3) is 3.36. The quantitative estimate of drug-likeness (QED) is 0.610. The molecular weight excluding hydrogens is 254 g/mol. The number of halogens is 2. The summed E-state index contributed by atoms with van der Waals surface area (Å²) in [4.78, 5) is 23.5. The molecule has 5 heteroatoms. The molecule has 0 bridgehead atoms. The molecule has 0 fully saturated rings. The summed E-state index contributed by atoms with van der Waals surface area (Å²) in [5.74, 6) is -4.93. The number of ether oxygens (including phenoxy) is 1. The number of hydrogen-bond donors (Lipinski definition) is 0. The molecule has 1 aromatic carbocycles. The van der Waals surface area contributed by atoms with Gasteiger partial charge >= 0.3 is 5.97 Å². The van der Waals surface area contributed by atoms with Crippen molar-refractivity contribution in [1.29, 1.82) is 0 Å². The van der Waals surface area contributed by atoms with Crippen molar-refractivity contribution < 1.29 is 23.1 Å². The van der Waals surface area contributed by atoms with Gasteiger partial charge in [0.25, 0.3) is 0 Å². The largest absolute Gasteiger partial charge is 0.465 e. The molecule has 0 amide bonds. The predicted molar refractivity (Wildman–Crippen MR) is 65.6 cm³/mol. The van der Waals surface area contributed by atoms with Crippen LogP contribution >= 0.6 is 0 Å². The van der Waals surface area contributed by atoms with Gasteiger partial charge in [-0.1, -0.05) is 13.0 Å². The second kappa shape index (κ2) is 6.41. The lowest BCUT2D eigenvalue weighted by Gasteiger charge is -2.16. The van der Waals surface area contributed by atoms with Crippen molar-refractivity contribution in [3.05, 3.63) is 35.4 Å². The van der Waals surface area contributed by atoms with E-state index in [1.807, 2.05) is 0 Å². The Hall–Kier alpha value is -1.78. The number of carbonyl (C=O) groups excluding carboxylic acids is 2. The fourth-order valence-electron chi connectivity index (χ4n) is 1.83. The van der Waals surface area contributed by atoms with E-state index in [-0.39, 0.29) is 12.2 Å². The Morgan fingerprint density at radius 2 is 1.74 bits per heavy atom. The first kappa shape index (κ1) is 15.3. The summed E-state index contributed by atoms with van der Waals surface area (Å²) in [5.41, 5.74) is -0.316. The molecule has 0 aliphatic carbocycles. The van der Waals surface area contributed by atoms with Crippen LogP contribution in [0.3, 0.4) is 0 Å². The average Bonchev–Trinajstić information content (AvgIpc) is 2.36. The highest BCUT2D eigenvalue weighted by atomic mass is 19.1. The van der Waals surface area contributed by atoms with Gasteiger partial charge in [-0.2, -0.15) is 0 Å². The zero-order valence-electron chi connectivity index (χ0n) is 11.1. The monoisotopic (exact) mass is 270 g/mol. The van der Waals surface area contributed by atoms with E-state index in [0.717, 1.165) is 12.1 Å². The molecule has 0 aromatic heterocycles. The fraction of sp³-hybridized carbons (Fsp3) is 0.429. The van der Waals surface area contributed by atoms with E-state index in [2.05, 4.69) is 0 Å². The third-order valence-corrected chi connectivity index (χ3v) is 2.93. The highest BCUT2D eigenvalue weighted by Crippen LogP contribution is 2.25. The van der Waals surface area contributed by atoms with Crippen LogP contribution in [0.25, 0.3) is 0 Å². The molecule has 19 heavy (non-hydrogen) atoms. The molecule has 0 unspecified atom stereocenters. The lowest BCUT2D eigenvalue weighted by molar-refractivity contribution is -0.151. The van der Waals surface area contributed by atoms with Crippen LogP contribution in [-0.2, 0) is 14.3 Å². The van der Waals surface area contributed by atoms with Gasteiger partial charge in [0, 0.05) is 11.5 Å². The van der Waals surface area contributed by atoms with E-state index < -0.39 is 35.2 Å². The molecule has 3 nitrogen and oxygen atoms in total. The average molecular weight is 270 g/mol. The molecule has 104 valence electrons. The van der Waals surface area contributed by atoms with Crippen molar-refractivity contribution in [3.63, 3.8) is 0 Å².